The van der Waals surface area contributed by atoms with E-state index in [4.69, 9.17) is 0 Å². The van der Waals surface area contributed by atoms with E-state index < -0.39 is 0 Å². The highest BCUT2D eigenvalue weighted by molar-refractivity contribution is 5.99. The van der Waals surface area contributed by atoms with Gasteiger partial charge in [-0.3, -0.25) is 14.0 Å². The maximum Gasteiger partial charge on any atom is 0.261 e. The number of fused-ring (bicyclic) bond motifs is 5. The highest BCUT2D eigenvalue weighted by atomic mass is 16.2. The molecule has 9 nitrogen and oxygen atoms in total. The predicted octanol–water partition coefficient (Wildman–Crippen LogP) is 1.55. The number of pyridine rings is 2. The number of likely N-dealkylation sites (tertiary alicyclic amines) is 1. The van der Waals surface area contributed by atoms with Crippen molar-refractivity contribution in [2.24, 2.45) is 13.0 Å². The van der Waals surface area contributed by atoms with Crippen molar-refractivity contribution in [3.05, 3.63) is 70.8 Å². The van der Waals surface area contributed by atoms with E-state index in [1.165, 1.54) is 0 Å². The molecule has 0 radical (unpaired) electrons. The molecule has 0 spiro atoms. The van der Waals surface area contributed by atoms with Gasteiger partial charge in [0.2, 0.25) is 0 Å². The van der Waals surface area contributed by atoms with Crippen LogP contribution < -0.4 is 5.56 Å². The van der Waals surface area contributed by atoms with Gasteiger partial charge in [0.05, 0.1) is 11.1 Å². The van der Waals surface area contributed by atoms with Crippen LogP contribution in [0.4, 0.5) is 0 Å². The lowest BCUT2D eigenvalue weighted by Crippen LogP contribution is -2.49. The smallest absolute Gasteiger partial charge is 0.261 e. The zero-order chi connectivity index (χ0) is 21.1. The Labute approximate surface area is 177 Å². The van der Waals surface area contributed by atoms with Crippen molar-refractivity contribution in [1.82, 2.24) is 33.6 Å². The molecule has 31 heavy (non-hydrogen) atoms. The Bertz CT molecular complexity index is 1380. The second kappa shape index (κ2) is 6.63. The summed E-state index contributed by atoms with van der Waals surface area (Å²) in [6, 6.07) is 7.53. The number of hydrogen-bond acceptors (Lipinski definition) is 5. The normalized spacial score (nSPS) is 20.1. The standard InChI is InChI=1S/C22H21N7O2/c1-26-8-6-23-19(26)17-4-5-18-15-9-14(11-29(18)22(17)31)10-28(12-15)21(30)16-3-2-7-27-13-24-25-20(16)27/h2-8,13-15H,9-12H2,1H3/t14-,15+/m0/s1. The first-order valence-electron chi connectivity index (χ1n) is 10.4. The van der Waals surface area contributed by atoms with Gasteiger partial charge in [0.25, 0.3) is 11.5 Å². The molecule has 6 heterocycles. The van der Waals surface area contributed by atoms with Crippen LogP contribution in [-0.2, 0) is 13.6 Å². The Morgan fingerprint density at radius 1 is 1.13 bits per heavy atom. The molecule has 4 aromatic rings. The van der Waals surface area contributed by atoms with Gasteiger partial charge in [0.15, 0.2) is 5.65 Å². The topological polar surface area (TPSA) is 90.3 Å². The molecular formula is C22H21N7O2. The zero-order valence-corrected chi connectivity index (χ0v) is 17.0. The highest BCUT2D eigenvalue weighted by Gasteiger charge is 2.37. The molecule has 0 N–H and O–H groups in total. The molecule has 4 aromatic heterocycles. The van der Waals surface area contributed by atoms with Crippen LogP contribution >= 0.6 is 0 Å². The number of imidazole rings is 1. The number of carbonyl (C=O) groups excluding carboxylic acids is 1. The van der Waals surface area contributed by atoms with E-state index in [0.717, 1.165) is 12.1 Å². The third kappa shape index (κ3) is 2.73. The van der Waals surface area contributed by atoms with Crippen LogP contribution in [0.3, 0.4) is 0 Å². The van der Waals surface area contributed by atoms with Gasteiger partial charge in [-0.2, -0.15) is 0 Å². The second-order valence-electron chi connectivity index (χ2n) is 8.44. The van der Waals surface area contributed by atoms with Crippen LogP contribution in [0.1, 0.15) is 28.4 Å². The van der Waals surface area contributed by atoms with Gasteiger partial charge in [0, 0.05) is 56.9 Å². The van der Waals surface area contributed by atoms with E-state index in [2.05, 4.69) is 15.2 Å². The Balaban J connectivity index is 1.34. The molecule has 9 heteroatoms. The molecule has 156 valence electrons. The quantitative estimate of drug-likeness (QED) is 0.496. The highest BCUT2D eigenvalue weighted by Crippen LogP contribution is 2.36. The van der Waals surface area contributed by atoms with Crippen LogP contribution in [0.15, 0.2) is 54.0 Å². The van der Waals surface area contributed by atoms with E-state index in [9.17, 15) is 9.59 Å². The van der Waals surface area contributed by atoms with Gasteiger partial charge in [-0.05, 0) is 36.6 Å². The van der Waals surface area contributed by atoms with Crippen molar-refractivity contribution in [2.45, 2.75) is 18.9 Å². The van der Waals surface area contributed by atoms with E-state index in [1.54, 1.807) is 23.0 Å². The van der Waals surface area contributed by atoms with Crippen molar-refractivity contribution in [2.75, 3.05) is 13.1 Å². The average Bonchev–Trinajstić information content (AvgIpc) is 3.42. The number of amides is 1. The SMILES string of the molecule is Cn1ccnc1-c1ccc2n(c1=O)C[C@H]1C[C@@H]2CN(C(=O)c2cccn3cnnc23)C1. The zero-order valence-electron chi connectivity index (χ0n) is 17.0. The molecule has 6 rings (SSSR count). The lowest BCUT2D eigenvalue weighted by atomic mass is 9.82. The summed E-state index contributed by atoms with van der Waals surface area (Å²) in [5.41, 5.74) is 2.73. The van der Waals surface area contributed by atoms with Crippen molar-refractivity contribution >= 4 is 11.6 Å². The summed E-state index contributed by atoms with van der Waals surface area (Å²) >= 11 is 0. The summed E-state index contributed by atoms with van der Waals surface area (Å²) in [7, 11) is 1.89. The number of aromatic nitrogens is 6. The Hall–Kier alpha value is -3.75. The van der Waals surface area contributed by atoms with E-state index in [0.29, 0.717) is 42.2 Å². The van der Waals surface area contributed by atoms with Gasteiger partial charge in [-0.1, -0.05) is 0 Å². The summed E-state index contributed by atoms with van der Waals surface area (Å²) in [5.74, 6) is 1.02. The molecule has 0 saturated carbocycles. The predicted molar refractivity (Wildman–Crippen MR) is 113 cm³/mol. The fraction of sp³-hybridized carbons (Fsp3) is 0.318. The number of piperidine rings is 1. The summed E-state index contributed by atoms with van der Waals surface area (Å²) in [5, 5.41) is 8.03. The van der Waals surface area contributed by atoms with Gasteiger partial charge < -0.3 is 14.0 Å². The molecule has 2 bridgehead atoms. The average molecular weight is 415 g/mol. The molecule has 0 aromatic carbocycles. The maximum atomic E-state index is 13.3. The Morgan fingerprint density at radius 2 is 2.03 bits per heavy atom. The van der Waals surface area contributed by atoms with E-state index in [1.807, 2.05) is 51.7 Å². The molecule has 0 aliphatic carbocycles. The maximum absolute atomic E-state index is 13.3. The van der Waals surface area contributed by atoms with E-state index >= 15 is 0 Å². The largest absolute Gasteiger partial charge is 0.338 e. The molecule has 2 aliphatic heterocycles. The molecular weight excluding hydrogens is 394 g/mol. The third-order valence-corrected chi connectivity index (χ3v) is 6.51. The lowest BCUT2D eigenvalue weighted by Gasteiger charge is -2.42. The number of carbonyl (C=O) groups is 1. The number of hydrogen-bond donors (Lipinski definition) is 0. The summed E-state index contributed by atoms with van der Waals surface area (Å²) < 4.78 is 5.51. The van der Waals surface area contributed by atoms with Gasteiger partial charge in [0.1, 0.15) is 12.2 Å². The van der Waals surface area contributed by atoms with Crippen LogP contribution in [0.5, 0.6) is 0 Å². The van der Waals surface area contributed by atoms with Crippen LogP contribution in [0.25, 0.3) is 17.0 Å². The minimum absolute atomic E-state index is 0.00509. The van der Waals surface area contributed by atoms with Crippen molar-refractivity contribution < 1.29 is 4.79 Å². The van der Waals surface area contributed by atoms with Gasteiger partial charge in [-0.25, -0.2) is 4.98 Å². The number of aryl methyl sites for hydroxylation is 1. The second-order valence-corrected chi connectivity index (χ2v) is 8.44. The molecule has 1 saturated heterocycles. The molecule has 1 fully saturated rings. The lowest BCUT2D eigenvalue weighted by molar-refractivity contribution is 0.0596. The van der Waals surface area contributed by atoms with Crippen molar-refractivity contribution in [1.29, 1.82) is 0 Å². The summed E-state index contributed by atoms with van der Waals surface area (Å²) in [6.45, 7) is 1.83. The van der Waals surface area contributed by atoms with Gasteiger partial charge >= 0.3 is 0 Å². The molecule has 2 aliphatic rings. The monoisotopic (exact) mass is 415 g/mol. The summed E-state index contributed by atoms with van der Waals surface area (Å²) in [4.78, 5) is 32.8. The van der Waals surface area contributed by atoms with Gasteiger partial charge in [-0.15, -0.1) is 10.2 Å². The van der Waals surface area contributed by atoms with Crippen LogP contribution in [0.2, 0.25) is 0 Å². The first kappa shape index (κ1) is 18.1. The Morgan fingerprint density at radius 3 is 2.87 bits per heavy atom. The van der Waals surface area contributed by atoms with E-state index in [-0.39, 0.29) is 23.3 Å². The molecule has 1 amide bonds. The fourth-order valence-corrected chi connectivity index (χ4v) is 5.10. The fourth-order valence-electron chi connectivity index (χ4n) is 5.10. The first-order chi connectivity index (χ1) is 15.1. The number of nitrogens with zero attached hydrogens (tertiary/aromatic N) is 7. The first-order valence-corrected chi connectivity index (χ1v) is 10.4. The summed E-state index contributed by atoms with van der Waals surface area (Å²) in [6.07, 6.45) is 7.96. The minimum Gasteiger partial charge on any atom is -0.338 e. The molecule has 0 unspecified atom stereocenters. The Kier molecular flexibility index (Phi) is 3.86. The number of rotatable bonds is 2. The van der Waals surface area contributed by atoms with Crippen LogP contribution in [0, 0.1) is 5.92 Å². The van der Waals surface area contributed by atoms with Crippen molar-refractivity contribution in [3.8, 4) is 11.4 Å². The van der Waals surface area contributed by atoms with Crippen LogP contribution in [-0.4, -0.2) is 52.6 Å². The third-order valence-electron chi connectivity index (χ3n) is 6.51. The minimum atomic E-state index is -0.0336. The molecule has 2 atom stereocenters. The van der Waals surface area contributed by atoms with Crippen molar-refractivity contribution in [3.63, 3.8) is 0 Å².